The predicted molar refractivity (Wildman–Crippen MR) is 82.4 cm³/mol. The second-order valence-electron chi connectivity index (χ2n) is 3.89. The van der Waals surface area contributed by atoms with E-state index in [0.717, 1.165) is 4.47 Å². The molecule has 1 unspecified atom stereocenters. The Morgan fingerprint density at radius 3 is 2.26 bits per heavy atom. The lowest BCUT2D eigenvalue weighted by molar-refractivity contribution is 0.556. The fourth-order valence-corrected chi connectivity index (χ4v) is 2.83. The molecule has 0 amide bonds. The van der Waals surface area contributed by atoms with E-state index in [2.05, 4.69) is 37.3 Å². The summed E-state index contributed by atoms with van der Waals surface area (Å²) in [7, 11) is 0. The van der Waals surface area contributed by atoms with E-state index in [9.17, 15) is 4.39 Å². The zero-order valence-corrected chi connectivity index (χ0v) is 13.6. The van der Waals surface area contributed by atoms with Crippen molar-refractivity contribution in [2.24, 2.45) is 5.84 Å². The van der Waals surface area contributed by atoms with Crippen molar-refractivity contribution in [1.29, 1.82) is 0 Å². The van der Waals surface area contributed by atoms with Crippen LogP contribution in [0.3, 0.4) is 0 Å². The molecule has 2 aromatic carbocycles. The summed E-state index contributed by atoms with van der Waals surface area (Å²) in [6, 6.07) is 9.97. The maximum atomic E-state index is 14.2. The largest absolute Gasteiger partial charge is 0.271 e. The van der Waals surface area contributed by atoms with Crippen molar-refractivity contribution in [1.82, 2.24) is 5.43 Å². The van der Waals surface area contributed by atoms with Crippen LogP contribution in [0, 0.1) is 5.82 Å². The zero-order chi connectivity index (χ0) is 14.0. The summed E-state index contributed by atoms with van der Waals surface area (Å²) >= 11 is 12.7. The molecule has 1 atom stereocenters. The Morgan fingerprint density at radius 1 is 1.05 bits per heavy atom. The van der Waals surface area contributed by atoms with Crippen LogP contribution in [-0.4, -0.2) is 0 Å². The fraction of sp³-hybridized carbons (Fsp3) is 0.0769. The number of nitrogens with one attached hydrogen (secondary N) is 1. The van der Waals surface area contributed by atoms with E-state index in [1.165, 1.54) is 0 Å². The van der Waals surface area contributed by atoms with Crippen molar-refractivity contribution in [2.45, 2.75) is 6.04 Å². The maximum Gasteiger partial charge on any atom is 0.142 e. The number of nitrogens with two attached hydrogens (primary N) is 1. The quantitative estimate of drug-likeness (QED) is 0.577. The summed E-state index contributed by atoms with van der Waals surface area (Å²) in [5.74, 6) is 5.21. The van der Waals surface area contributed by atoms with Crippen molar-refractivity contribution >= 4 is 43.5 Å². The van der Waals surface area contributed by atoms with Crippen LogP contribution in [-0.2, 0) is 0 Å². The fourth-order valence-electron chi connectivity index (χ4n) is 1.83. The highest BCUT2D eigenvalue weighted by Crippen LogP contribution is 2.35. The Balaban J connectivity index is 2.57. The van der Waals surface area contributed by atoms with E-state index in [1.807, 2.05) is 12.1 Å². The Bertz CT molecular complexity index is 556. The minimum atomic E-state index is -0.525. The first-order chi connectivity index (χ1) is 9.06. The maximum absolute atomic E-state index is 14.2. The van der Waals surface area contributed by atoms with Gasteiger partial charge in [0, 0.05) is 10.0 Å². The van der Waals surface area contributed by atoms with Crippen LogP contribution in [0.1, 0.15) is 17.2 Å². The van der Waals surface area contributed by atoms with Crippen molar-refractivity contribution in [3.05, 3.63) is 67.3 Å². The highest BCUT2D eigenvalue weighted by Gasteiger charge is 2.21. The number of halogens is 4. The molecule has 6 heteroatoms. The summed E-state index contributed by atoms with van der Waals surface area (Å²) in [5, 5.41) is 0.504. The predicted octanol–water partition coefficient (Wildman–Crippen LogP) is 4.56. The summed E-state index contributed by atoms with van der Waals surface area (Å²) in [4.78, 5) is 0. The van der Waals surface area contributed by atoms with Gasteiger partial charge in [-0.15, -0.1) is 0 Å². The number of rotatable bonds is 3. The van der Waals surface area contributed by atoms with E-state index in [-0.39, 0.29) is 5.82 Å². The average molecular weight is 408 g/mol. The van der Waals surface area contributed by atoms with E-state index < -0.39 is 6.04 Å². The lowest BCUT2D eigenvalue weighted by Gasteiger charge is -2.19. The van der Waals surface area contributed by atoms with Crippen molar-refractivity contribution in [3.8, 4) is 0 Å². The second kappa shape index (κ2) is 6.33. The Kier molecular flexibility index (Phi) is 4.97. The molecule has 2 rings (SSSR count). The van der Waals surface area contributed by atoms with Gasteiger partial charge >= 0.3 is 0 Å². The van der Waals surface area contributed by atoms with Gasteiger partial charge < -0.3 is 0 Å². The van der Waals surface area contributed by atoms with Crippen LogP contribution < -0.4 is 11.3 Å². The summed E-state index contributed by atoms with van der Waals surface area (Å²) in [5.41, 5.74) is 3.74. The van der Waals surface area contributed by atoms with Crippen molar-refractivity contribution in [2.75, 3.05) is 0 Å². The van der Waals surface area contributed by atoms with Crippen LogP contribution in [0.15, 0.2) is 45.3 Å². The minimum Gasteiger partial charge on any atom is -0.271 e. The summed E-state index contributed by atoms with van der Waals surface area (Å²) in [6.45, 7) is 0. The molecule has 0 aromatic heterocycles. The molecular weight excluding hydrogens is 398 g/mol. The molecule has 0 radical (unpaired) electrons. The summed E-state index contributed by atoms with van der Waals surface area (Å²) < 4.78 is 15.3. The molecule has 19 heavy (non-hydrogen) atoms. The van der Waals surface area contributed by atoms with Crippen LogP contribution in [0.2, 0.25) is 5.02 Å². The molecule has 0 fully saturated rings. The molecule has 0 aliphatic heterocycles. The third-order valence-electron chi connectivity index (χ3n) is 2.75. The van der Waals surface area contributed by atoms with Gasteiger partial charge in [-0.05, 0) is 49.6 Å². The van der Waals surface area contributed by atoms with Gasteiger partial charge in [0.05, 0.1) is 15.5 Å². The van der Waals surface area contributed by atoms with Gasteiger partial charge in [0.15, 0.2) is 0 Å². The van der Waals surface area contributed by atoms with E-state index in [1.54, 1.807) is 24.3 Å². The molecule has 100 valence electrons. The lowest BCUT2D eigenvalue weighted by atomic mass is 9.99. The van der Waals surface area contributed by atoms with Crippen LogP contribution in [0.4, 0.5) is 4.39 Å². The minimum absolute atomic E-state index is 0.360. The van der Waals surface area contributed by atoms with E-state index in [4.69, 9.17) is 17.4 Å². The number of hydrazine groups is 1. The normalized spacial score (nSPS) is 12.5. The second-order valence-corrected chi connectivity index (χ2v) is 5.97. The van der Waals surface area contributed by atoms with Crippen LogP contribution in [0.5, 0.6) is 0 Å². The highest BCUT2D eigenvalue weighted by atomic mass is 79.9. The SMILES string of the molecule is NNC(c1cccc(Br)c1F)c1cccc(Br)c1Cl. The lowest BCUT2D eigenvalue weighted by Crippen LogP contribution is -2.29. The topological polar surface area (TPSA) is 38.0 Å². The molecule has 3 N–H and O–H groups in total. The van der Waals surface area contributed by atoms with Crippen LogP contribution >= 0.6 is 43.5 Å². The molecule has 0 aliphatic rings. The number of hydrogen-bond donors (Lipinski definition) is 2. The van der Waals surface area contributed by atoms with Gasteiger partial charge in [-0.1, -0.05) is 35.9 Å². The first kappa shape index (κ1) is 14.9. The van der Waals surface area contributed by atoms with Gasteiger partial charge in [0.2, 0.25) is 0 Å². The Labute approximate surface area is 132 Å². The third-order valence-corrected chi connectivity index (χ3v) is 4.67. The van der Waals surface area contributed by atoms with Gasteiger partial charge in [0.1, 0.15) is 5.82 Å². The molecule has 0 bridgehead atoms. The number of benzene rings is 2. The molecule has 2 aromatic rings. The molecule has 0 saturated heterocycles. The Hall–Kier alpha value is -0.460. The standard InChI is InChI=1S/C13H10Br2ClFN2/c14-9-5-1-3-7(11(9)16)13(19-18)8-4-2-6-10(15)12(8)17/h1-6,13,19H,18H2. The van der Waals surface area contributed by atoms with Gasteiger partial charge in [-0.3, -0.25) is 5.84 Å². The van der Waals surface area contributed by atoms with Crippen LogP contribution in [0.25, 0.3) is 0 Å². The molecule has 0 spiro atoms. The number of hydrogen-bond acceptors (Lipinski definition) is 2. The Morgan fingerprint density at radius 2 is 1.63 bits per heavy atom. The molecule has 0 aliphatic carbocycles. The summed E-state index contributed by atoms with van der Waals surface area (Å²) in [6.07, 6.45) is 0. The van der Waals surface area contributed by atoms with Crippen molar-refractivity contribution in [3.63, 3.8) is 0 Å². The monoisotopic (exact) mass is 406 g/mol. The molecule has 2 nitrogen and oxygen atoms in total. The van der Waals surface area contributed by atoms with Gasteiger partial charge in [-0.25, -0.2) is 9.82 Å². The first-order valence-corrected chi connectivity index (χ1v) is 7.36. The molecular formula is C13H10Br2ClFN2. The molecule has 0 heterocycles. The zero-order valence-electron chi connectivity index (χ0n) is 9.63. The smallest absolute Gasteiger partial charge is 0.142 e. The third kappa shape index (κ3) is 3.01. The van der Waals surface area contributed by atoms with Gasteiger partial charge in [-0.2, -0.15) is 0 Å². The van der Waals surface area contributed by atoms with E-state index >= 15 is 0 Å². The van der Waals surface area contributed by atoms with Crippen molar-refractivity contribution < 1.29 is 4.39 Å². The highest BCUT2D eigenvalue weighted by molar-refractivity contribution is 9.10. The van der Waals surface area contributed by atoms with E-state index in [0.29, 0.717) is 20.6 Å². The first-order valence-electron chi connectivity index (χ1n) is 5.40. The van der Waals surface area contributed by atoms with Gasteiger partial charge in [0.25, 0.3) is 0 Å². The average Bonchev–Trinajstić information content (AvgIpc) is 2.40. The molecule has 0 saturated carbocycles.